The molecule has 2 aromatic rings. The zero-order valence-corrected chi connectivity index (χ0v) is 20.0. The molecule has 0 saturated heterocycles. The van der Waals surface area contributed by atoms with Crippen molar-refractivity contribution in [1.29, 1.82) is 0 Å². The van der Waals surface area contributed by atoms with Crippen LogP contribution in [0.2, 0.25) is 0 Å². The summed E-state index contributed by atoms with van der Waals surface area (Å²) in [6, 6.07) is 8.21. The summed E-state index contributed by atoms with van der Waals surface area (Å²) in [5.74, 6) is 2.97. The normalized spacial score (nSPS) is 15.6. The number of ether oxygens (including phenoxy) is 4. The lowest BCUT2D eigenvalue weighted by Gasteiger charge is -2.30. The van der Waals surface area contributed by atoms with Crippen LogP contribution in [0.3, 0.4) is 0 Å². The molecular weight excluding hydrogens is 448 g/mol. The number of methoxy groups -OCH3 is 3. The number of fused-ring (bicyclic) bond motifs is 1. The maximum absolute atomic E-state index is 6.10. The average Bonchev–Trinajstić information content (AvgIpc) is 2.75. The highest BCUT2D eigenvalue weighted by Gasteiger charge is 2.27. The van der Waals surface area contributed by atoms with Crippen molar-refractivity contribution < 1.29 is 18.9 Å². The van der Waals surface area contributed by atoms with Crippen molar-refractivity contribution in [3.63, 3.8) is 0 Å². The molecule has 30 heavy (non-hydrogen) atoms. The first-order valence-corrected chi connectivity index (χ1v) is 10.9. The van der Waals surface area contributed by atoms with E-state index < -0.39 is 0 Å². The third-order valence-electron chi connectivity index (χ3n) is 5.30. The second-order valence-electron chi connectivity index (χ2n) is 7.57. The first-order valence-electron chi connectivity index (χ1n) is 10.1. The summed E-state index contributed by atoms with van der Waals surface area (Å²) < 4.78 is 23.7. The Morgan fingerprint density at radius 1 is 0.933 bits per heavy atom. The van der Waals surface area contributed by atoms with Gasteiger partial charge in [0.2, 0.25) is 0 Å². The van der Waals surface area contributed by atoms with Gasteiger partial charge >= 0.3 is 0 Å². The van der Waals surface area contributed by atoms with Crippen LogP contribution in [0.4, 0.5) is 0 Å². The van der Waals surface area contributed by atoms with Gasteiger partial charge in [0.15, 0.2) is 23.0 Å². The van der Waals surface area contributed by atoms with E-state index in [1.165, 1.54) is 11.1 Å². The first-order chi connectivity index (χ1) is 14.5. The Labute approximate surface area is 187 Å². The van der Waals surface area contributed by atoms with Crippen molar-refractivity contribution in [3.05, 3.63) is 45.4 Å². The summed E-state index contributed by atoms with van der Waals surface area (Å²) >= 11 is 3.71. The number of benzene rings is 2. The topological polar surface area (TPSA) is 52.2 Å². The molecule has 1 unspecified atom stereocenters. The standard InChI is InChI=1S/C23H31BrN2O4/c1-26(2)9-6-10-30-22-12-16-15(11-19(22)27-3)7-8-25-23(16)17-13-20(28-4)21(29-5)14-18(17)24/h11-14,23,25H,6-10H2,1-5H3. The van der Waals surface area contributed by atoms with Crippen LogP contribution >= 0.6 is 15.9 Å². The number of rotatable bonds is 9. The van der Waals surface area contributed by atoms with Crippen molar-refractivity contribution in [1.82, 2.24) is 10.2 Å². The molecule has 1 N–H and O–H groups in total. The zero-order chi connectivity index (χ0) is 21.7. The second kappa shape index (κ2) is 10.4. The fraction of sp³-hybridized carbons (Fsp3) is 0.478. The van der Waals surface area contributed by atoms with Crippen molar-refractivity contribution in [2.75, 3.05) is 55.1 Å². The molecule has 2 aromatic carbocycles. The fourth-order valence-corrected chi connectivity index (χ4v) is 4.32. The van der Waals surface area contributed by atoms with Crippen LogP contribution in [-0.2, 0) is 6.42 Å². The predicted molar refractivity (Wildman–Crippen MR) is 122 cm³/mol. The SMILES string of the molecule is COc1cc(Br)c(C2NCCc3cc(OC)c(OCCCN(C)C)cc32)cc1OC. The minimum Gasteiger partial charge on any atom is -0.493 e. The molecule has 0 fully saturated rings. The summed E-state index contributed by atoms with van der Waals surface area (Å²) in [5, 5.41) is 3.64. The van der Waals surface area contributed by atoms with Gasteiger partial charge in [-0.15, -0.1) is 0 Å². The molecule has 6 nitrogen and oxygen atoms in total. The van der Waals surface area contributed by atoms with Crippen LogP contribution in [0.25, 0.3) is 0 Å². The fourth-order valence-electron chi connectivity index (χ4n) is 3.77. The summed E-state index contributed by atoms with van der Waals surface area (Å²) in [6.07, 6.45) is 1.89. The lowest BCUT2D eigenvalue weighted by atomic mass is 9.89. The van der Waals surface area contributed by atoms with Gasteiger partial charge in [-0.25, -0.2) is 0 Å². The molecule has 0 amide bonds. The van der Waals surface area contributed by atoms with Gasteiger partial charge in [0.1, 0.15) is 0 Å². The molecule has 1 heterocycles. The maximum atomic E-state index is 6.10. The lowest BCUT2D eigenvalue weighted by molar-refractivity contribution is 0.267. The van der Waals surface area contributed by atoms with Crippen LogP contribution in [0.5, 0.6) is 23.0 Å². The van der Waals surface area contributed by atoms with Crippen molar-refractivity contribution in [2.45, 2.75) is 18.9 Å². The van der Waals surface area contributed by atoms with Crippen LogP contribution in [0.1, 0.15) is 29.2 Å². The molecule has 0 spiro atoms. The Kier molecular flexibility index (Phi) is 7.86. The predicted octanol–water partition coefficient (Wildman–Crippen LogP) is 4.04. The van der Waals surface area contributed by atoms with Gasteiger partial charge in [0.05, 0.1) is 34.0 Å². The van der Waals surface area contributed by atoms with Crippen LogP contribution in [0.15, 0.2) is 28.7 Å². The molecule has 0 aliphatic carbocycles. The molecule has 0 bridgehead atoms. The van der Waals surface area contributed by atoms with Crippen molar-refractivity contribution >= 4 is 15.9 Å². The maximum Gasteiger partial charge on any atom is 0.161 e. The molecule has 1 aliphatic heterocycles. The molecule has 164 valence electrons. The van der Waals surface area contributed by atoms with E-state index in [-0.39, 0.29) is 6.04 Å². The number of halogens is 1. The van der Waals surface area contributed by atoms with Gasteiger partial charge in [-0.3, -0.25) is 0 Å². The van der Waals surface area contributed by atoms with Crippen LogP contribution in [-0.4, -0.2) is 60.0 Å². The van der Waals surface area contributed by atoms with Crippen molar-refractivity contribution in [3.8, 4) is 23.0 Å². The van der Waals surface area contributed by atoms with E-state index in [9.17, 15) is 0 Å². The van der Waals surface area contributed by atoms with Gasteiger partial charge in [0.25, 0.3) is 0 Å². The highest BCUT2D eigenvalue weighted by Crippen LogP contribution is 2.42. The molecule has 3 rings (SSSR count). The largest absolute Gasteiger partial charge is 0.493 e. The third-order valence-corrected chi connectivity index (χ3v) is 5.99. The smallest absolute Gasteiger partial charge is 0.161 e. The molecule has 1 aliphatic rings. The van der Waals surface area contributed by atoms with E-state index in [1.807, 2.05) is 12.1 Å². The highest BCUT2D eigenvalue weighted by atomic mass is 79.9. The second-order valence-corrected chi connectivity index (χ2v) is 8.43. The van der Waals surface area contributed by atoms with Crippen molar-refractivity contribution in [2.24, 2.45) is 0 Å². The summed E-state index contributed by atoms with van der Waals surface area (Å²) in [6.45, 7) is 2.51. The van der Waals surface area contributed by atoms with E-state index in [0.29, 0.717) is 18.1 Å². The first kappa shape index (κ1) is 22.7. The van der Waals surface area contributed by atoms with E-state index in [4.69, 9.17) is 18.9 Å². The average molecular weight is 479 g/mol. The molecule has 0 radical (unpaired) electrons. The van der Waals surface area contributed by atoms with Crippen LogP contribution in [0, 0.1) is 0 Å². The quantitative estimate of drug-likeness (QED) is 0.548. The Bertz CT molecular complexity index is 873. The molecule has 0 saturated carbocycles. The summed E-state index contributed by atoms with van der Waals surface area (Å²) in [7, 11) is 9.12. The van der Waals surface area contributed by atoms with Gasteiger partial charge in [-0.2, -0.15) is 0 Å². The summed E-state index contributed by atoms with van der Waals surface area (Å²) in [5.41, 5.74) is 3.55. The number of hydrogen-bond acceptors (Lipinski definition) is 6. The van der Waals surface area contributed by atoms with E-state index in [2.05, 4.69) is 52.4 Å². The minimum atomic E-state index is 0.0120. The number of hydrogen-bond donors (Lipinski definition) is 1. The number of nitrogens with zero attached hydrogens (tertiary/aromatic N) is 1. The van der Waals surface area contributed by atoms with Gasteiger partial charge in [0, 0.05) is 17.6 Å². The van der Waals surface area contributed by atoms with Gasteiger partial charge in [-0.05, 0) is 67.9 Å². The van der Waals surface area contributed by atoms with E-state index in [1.54, 1.807) is 21.3 Å². The molecule has 7 heteroatoms. The van der Waals surface area contributed by atoms with Crippen LogP contribution < -0.4 is 24.3 Å². The van der Waals surface area contributed by atoms with E-state index in [0.717, 1.165) is 47.5 Å². The minimum absolute atomic E-state index is 0.0120. The Morgan fingerprint density at radius 2 is 1.57 bits per heavy atom. The highest BCUT2D eigenvalue weighted by molar-refractivity contribution is 9.10. The van der Waals surface area contributed by atoms with Gasteiger partial charge < -0.3 is 29.2 Å². The molecular formula is C23H31BrN2O4. The number of nitrogens with one attached hydrogen (secondary N) is 1. The molecule has 0 aromatic heterocycles. The summed E-state index contributed by atoms with van der Waals surface area (Å²) in [4.78, 5) is 2.15. The van der Waals surface area contributed by atoms with Gasteiger partial charge in [-0.1, -0.05) is 15.9 Å². The Morgan fingerprint density at radius 3 is 2.23 bits per heavy atom. The van der Waals surface area contributed by atoms with E-state index >= 15 is 0 Å². The Balaban J connectivity index is 1.95. The third kappa shape index (κ3) is 5.02. The monoisotopic (exact) mass is 478 g/mol. The lowest BCUT2D eigenvalue weighted by Crippen LogP contribution is -2.31. The zero-order valence-electron chi connectivity index (χ0n) is 18.4. The Hall–Kier alpha value is -1.96. The molecule has 1 atom stereocenters.